The van der Waals surface area contributed by atoms with Crippen molar-refractivity contribution in [2.75, 3.05) is 37.2 Å². The molecule has 1 saturated heterocycles. The third-order valence-electron chi connectivity index (χ3n) is 4.07. The normalized spacial score (nSPS) is 16.3. The van der Waals surface area contributed by atoms with Gasteiger partial charge in [0.25, 0.3) is 0 Å². The third-order valence-corrected chi connectivity index (χ3v) is 4.07. The molecule has 0 aliphatic carbocycles. The van der Waals surface area contributed by atoms with Crippen LogP contribution in [0.3, 0.4) is 0 Å². The zero-order valence-electron chi connectivity index (χ0n) is 14.9. The predicted molar refractivity (Wildman–Crippen MR) is 97.0 cm³/mol. The van der Waals surface area contributed by atoms with Crippen molar-refractivity contribution in [2.45, 2.75) is 0 Å². The lowest BCUT2D eigenvalue weighted by Crippen LogP contribution is -2.27. The largest absolute Gasteiger partial charge is 0.465 e. The molecule has 0 N–H and O–H groups in total. The van der Waals surface area contributed by atoms with Crippen molar-refractivity contribution < 1.29 is 28.6 Å². The standard InChI is InChI=1S/C19H18N2O6/c1-25-17(22)15-8-3-4-9-20(16(15)18(23)26-2)13-6-5-7-14(12-13)21-10-11-27-19(21)24/h3-9,12H,10-11H2,1-2H3. The van der Waals surface area contributed by atoms with Crippen molar-refractivity contribution in [3.63, 3.8) is 0 Å². The Hall–Kier alpha value is -3.55. The first-order chi connectivity index (χ1) is 13.1. The Bertz CT molecular complexity index is 871. The van der Waals surface area contributed by atoms with Crippen LogP contribution in [0.2, 0.25) is 0 Å². The zero-order chi connectivity index (χ0) is 19.4. The number of allylic oxidation sites excluding steroid dienone is 2. The highest BCUT2D eigenvalue weighted by Crippen LogP contribution is 2.30. The van der Waals surface area contributed by atoms with Crippen LogP contribution in [0, 0.1) is 0 Å². The minimum absolute atomic E-state index is 0.00972. The number of cyclic esters (lactones) is 1. The van der Waals surface area contributed by atoms with Gasteiger partial charge in [-0.05, 0) is 30.4 Å². The van der Waals surface area contributed by atoms with E-state index in [2.05, 4.69) is 0 Å². The number of nitrogens with zero attached hydrogens (tertiary/aromatic N) is 2. The molecule has 0 spiro atoms. The molecule has 3 rings (SSSR count). The number of rotatable bonds is 4. The summed E-state index contributed by atoms with van der Waals surface area (Å²) in [6.07, 6.45) is 5.97. The molecule has 2 aliphatic rings. The lowest BCUT2D eigenvalue weighted by Gasteiger charge is -2.24. The van der Waals surface area contributed by atoms with Crippen LogP contribution in [0.15, 0.2) is 60.0 Å². The number of ether oxygens (including phenoxy) is 3. The molecule has 2 aliphatic heterocycles. The fourth-order valence-corrected chi connectivity index (χ4v) is 2.80. The quantitative estimate of drug-likeness (QED) is 0.593. The molecule has 0 aromatic heterocycles. The van der Waals surface area contributed by atoms with Crippen molar-refractivity contribution in [2.24, 2.45) is 0 Å². The Labute approximate surface area is 155 Å². The van der Waals surface area contributed by atoms with Crippen LogP contribution < -0.4 is 9.80 Å². The second-order valence-electron chi connectivity index (χ2n) is 5.60. The Balaban J connectivity index is 2.09. The molecule has 0 atom stereocenters. The van der Waals surface area contributed by atoms with E-state index in [9.17, 15) is 14.4 Å². The van der Waals surface area contributed by atoms with Crippen LogP contribution in [-0.4, -0.2) is 45.4 Å². The van der Waals surface area contributed by atoms with E-state index in [-0.39, 0.29) is 11.3 Å². The summed E-state index contributed by atoms with van der Waals surface area (Å²) < 4.78 is 14.6. The van der Waals surface area contributed by atoms with Crippen LogP contribution in [0.4, 0.5) is 16.2 Å². The molecule has 0 radical (unpaired) electrons. The van der Waals surface area contributed by atoms with Crippen molar-refractivity contribution >= 4 is 29.4 Å². The molecule has 1 aromatic rings. The first kappa shape index (κ1) is 18.2. The van der Waals surface area contributed by atoms with E-state index in [0.717, 1.165) is 0 Å². The summed E-state index contributed by atoms with van der Waals surface area (Å²) in [5, 5.41) is 0. The first-order valence-corrected chi connectivity index (χ1v) is 8.16. The van der Waals surface area contributed by atoms with Gasteiger partial charge < -0.3 is 19.1 Å². The van der Waals surface area contributed by atoms with Gasteiger partial charge in [0.05, 0.1) is 26.3 Å². The van der Waals surface area contributed by atoms with Crippen LogP contribution in [-0.2, 0) is 23.8 Å². The highest BCUT2D eigenvalue weighted by molar-refractivity contribution is 6.05. The van der Waals surface area contributed by atoms with E-state index in [1.165, 1.54) is 30.1 Å². The van der Waals surface area contributed by atoms with E-state index in [1.54, 1.807) is 42.6 Å². The molecule has 8 nitrogen and oxygen atoms in total. The molecule has 1 amide bonds. The van der Waals surface area contributed by atoms with Crippen LogP contribution in [0.1, 0.15) is 0 Å². The number of benzene rings is 1. The maximum Gasteiger partial charge on any atom is 0.414 e. The topological polar surface area (TPSA) is 85.4 Å². The lowest BCUT2D eigenvalue weighted by molar-refractivity contribution is -0.139. The third kappa shape index (κ3) is 3.55. The van der Waals surface area contributed by atoms with Gasteiger partial charge in [0, 0.05) is 17.6 Å². The van der Waals surface area contributed by atoms with E-state index >= 15 is 0 Å². The minimum Gasteiger partial charge on any atom is -0.465 e. The summed E-state index contributed by atoms with van der Waals surface area (Å²) in [6, 6.07) is 6.98. The molecule has 0 unspecified atom stereocenters. The van der Waals surface area contributed by atoms with Crippen LogP contribution >= 0.6 is 0 Å². The summed E-state index contributed by atoms with van der Waals surface area (Å²) in [6.45, 7) is 0.753. The smallest absolute Gasteiger partial charge is 0.414 e. The monoisotopic (exact) mass is 370 g/mol. The molecule has 1 fully saturated rings. The molecule has 8 heteroatoms. The van der Waals surface area contributed by atoms with Gasteiger partial charge in [0.15, 0.2) is 0 Å². The fraction of sp³-hybridized carbons (Fsp3) is 0.211. The van der Waals surface area contributed by atoms with Gasteiger partial charge in [0.1, 0.15) is 12.3 Å². The second-order valence-corrected chi connectivity index (χ2v) is 5.60. The predicted octanol–water partition coefficient (Wildman–Crippen LogP) is 2.13. The molecule has 0 saturated carbocycles. The summed E-state index contributed by atoms with van der Waals surface area (Å²) in [7, 11) is 2.47. The van der Waals surface area contributed by atoms with Gasteiger partial charge in [0.2, 0.25) is 0 Å². The molecule has 140 valence electrons. The number of hydrogen-bond acceptors (Lipinski definition) is 7. The number of carbonyl (C=O) groups is 3. The number of esters is 2. The molecule has 1 aromatic carbocycles. The van der Waals surface area contributed by atoms with Gasteiger partial charge in [-0.25, -0.2) is 14.4 Å². The Morgan fingerprint density at radius 2 is 1.81 bits per heavy atom. The summed E-state index contributed by atoms with van der Waals surface area (Å²) in [5.41, 5.74) is 1.24. The first-order valence-electron chi connectivity index (χ1n) is 8.16. The SMILES string of the molecule is COC(=O)C1=C(C(=O)OC)N(c2cccc(N3CCOC3=O)c2)C=CC=C1. The molecule has 0 bridgehead atoms. The van der Waals surface area contributed by atoms with Crippen molar-refractivity contribution in [3.8, 4) is 0 Å². The Morgan fingerprint density at radius 1 is 1.07 bits per heavy atom. The van der Waals surface area contributed by atoms with Crippen molar-refractivity contribution in [1.29, 1.82) is 0 Å². The lowest BCUT2D eigenvalue weighted by atomic mass is 10.1. The number of carbonyl (C=O) groups excluding carboxylic acids is 3. The maximum absolute atomic E-state index is 12.4. The summed E-state index contributed by atoms with van der Waals surface area (Å²) in [4.78, 5) is 39.5. The number of hydrogen-bond donors (Lipinski definition) is 0. The average Bonchev–Trinajstić information content (AvgIpc) is 3.00. The highest BCUT2D eigenvalue weighted by atomic mass is 16.6. The molecular formula is C19H18N2O6. The van der Waals surface area contributed by atoms with E-state index in [4.69, 9.17) is 14.2 Å². The van der Waals surface area contributed by atoms with Crippen molar-refractivity contribution in [1.82, 2.24) is 0 Å². The van der Waals surface area contributed by atoms with E-state index in [1.807, 2.05) is 0 Å². The van der Waals surface area contributed by atoms with Gasteiger partial charge in [-0.1, -0.05) is 12.1 Å². The number of anilines is 2. The van der Waals surface area contributed by atoms with Crippen LogP contribution in [0.25, 0.3) is 0 Å². The van der Waals surface area contributed by atoms with Gasteiger partial charge in [-0.3, -0.25) is 4.90 Å². The molecular weight excluding hydrogens is 352 g/mol. The number of amides is 1. The van der Waals surface area contributed by atoms with Gasteiger partial charge in [-0.15, -0.1) is 0 Å². The second kappa shape index (κ2) is 7.77. The van der Waals surface area contributed by atoms with E-state index in [0.29, 0.717) is 24.5 Å². The van der Waals surface area contributed by atoms with Crippen LogP contribution in [0.5, 0.6) is 0 Å². The summed E-state index contributed by atoms with van der Waals surface area (Å²) >= 11 is 0. The number of methoxy groups -OCH3 is 2. The van der Waals surface area contributed by atoms with Gasteiger partial charge >= 0.3 is 18.0 Å². The highest BCUT2D eigenvalue weighted by Gasteiger charge is 2.29. The minimum atomic E-state index is -0.697. The Morgan fingerprint density at radius 3 is 2.48 bits per heavy atom. The molecule has 27 heavy (non-hydrogen) atoms. The summed E-state index contributed by atoms with van der Waals surface area (Å²) in [5.74, 6) is -1.36. The fourth-order valence-electron chi connectivity index (χ4n) is 2.80. The van der Waals surface area contributed by atoms with Gasteiger partial charge in [-0.2, -0.15) is 0 Å². The average molecular weight is 370 g/mol. The molecule has 2 heterocycles. The van der Waals surface area contributed by atoms with E-state index < -0.39 is 18.0 Å². The van der Waals surface area contributed by atoms with Crippen molar-refractivity contribution in [3.05, 3.63) is 60.0 Å². The Kier molecular flexibility index (Phi) is 5.25. The maximum atomic E-state index is 12.4. The zero-order valence-corrected chi connectivity index (χ0v) is 14.9.